The molecule has 9 heteroatoms. The van der Waals surface area contributed by atoms with E-state index in [0.29, 0.717) is 19.0 Å². The van der Waals surface area contributed by atoms with Crippen LogP contribution in [0.3, 0.4) is 0 Å². The molecule has 2 aliphatic rings. The van der Waals surface area contributed by atoms with E-state index in [1.165, 1.54) is 11.3 Å². The second-order valence-corrected chi connectivity index (χ2v) is 6.42. The van der Waals surface area contributed by atoms with E-state index in [2.05, 4.69) is 14.9 Å². The number of hydrogen-bond acceptors (Lipinski definition) is 5. The summed E-state index contributed by atoms with van der Waals surface area (Å²) in [6, 6.07) is 1.81. The van der Waals surface area contributed by atoms with Crippen molar-refractivity contribution in [3.63, 3.8) is 0 Å². The third-order valence-electron chi connectivity index (χ3n) is 4.58. The van der Waals surface area contributed by atoms with E-state index in [-0.39, 0.29) is 13.1 Å². The Kier molecular flexibility index (Phi) is 5.29. The van der Waals surface area contributed by atoms with Crippen LogP contribution in [-0.4, -0.2) is 66.2 Å². The van der Waals surface area contributed by atoms with E-state index < -0.39 is 18.5 Å². The molecule has 0 spiro atoms. The molecule has 1 aromatic heterocycles. The molecule has 25 heavy (non-hydrogen) atoms. The SMILES string of the molecule is O=C(CC(F)(F)F)N1CCN(c2ccnc(N3CCCCC3)n2)CC1. The molecule has 0 aliphatic carbocycles. The molecule has 0 unspecified atom stereocenters. The predicted octanol–water partition coefficient (Wildman–Crippen LogP) is 2.07. The highest BCUT2D eigenvalue weighted by atomic mass is 19.4. The number of rotatable bonds is 3. The minimum Gasteiger partial charge on any atom is -0.353 e. The van der Waals surface area contributed by atoms with Gasteiger partial charge in [-0.2, -0.15) is 18.2 Å². The predicted molar refractivity (Wildman–Crippen MR) is 87.6 cm³/mol. The van der Waals surface area contributed by atoms with Crippen LogP contribution in [0.25, 0.3) is 0 Å². The van der Waals surface area contributed by atoms with Crippen molar-refractivity contribution in [2.24, 2.45) is 0 Å². The van der Waals surface area contributed by atoms with Crippen molar-refractivity contribution in [2.45, 2.75) is 31.9 Å². The van der Waals surface area contributed by atoms with Crippen LogP contribution in [0.5, 0.6) is 0 Å². The fourth-order valence-corrected chi connectivity index (χ4v) is 3.23. The maximum atomic E-state index is 12.3. The molecule has 2 aliphatic heterocycles. The molecule has 6 nitrogen and oxygen atoms in total. The zero-order valence-electron chi connectivity index (χ0n) is 14.0. The molecular weight excluding hydrogens is 335 g/mol. The zero-order valence-corrected chi connectivity index (χ0v) is 14.0. The lowest BCUT2D eigenvalue weighted by Crippen LogP contribution is -2.49. The summed E-state index contributed by atoms with van der Waals surface area (Å²) in [5.74, 6) is 0.607. The van der Waals surface area contributed by atoms with Gasteiger partial charge in [0.05, 0.1) is 0 Å². The van der Waals surface area contributed by atoms with Crippen molar-refractivity contribution in [1.82, 2.24) is 14.9 Å². The van der Waals surface area contributed by atoms with Gasteiger partial charge in [-0.15, -0.1) is 0 Å². The van der Waals surface area contributed by atoms with Gasteiger partial charge >= 0.3 is 6.18 Å². The number of aromatic nitrogens is 2. The summed E-state index contributed by atoms with van der Waals surface area (Å²) >= 11 is 0. The summed E-state index contributed by atoms with van der Waals surface area (Å²) in [5.41, 5.74) is 0. The fourth-order valence-electron chi connectivity index (χ4n) is 3.23. The van der Waals surface area contributed by atoms with Crippen molar-refractivity contribution in [3.8, 4) is 0 Å². The lowest BCUT2D eigenvalue weighted by molar-refractivity contribution is -0.161. The van der Waals surface area contributed by atoms with Gasteiger partial charge in [0.2, 0.25) is 11.9 Å². The third-order valence-corrected chi connectivity index (χ3v) is 4.58. The maximum absolute atomic E-state index is 12.3. The molecular formula is C16H22F3N5O. The summed E-state index contributed by atoms with van der Waals surface area (Å²) in [5, 5.41) is 0. The average molecular weight is 357 g/mol. The van der Waals surface area contributed by atoms with Crippen molar-refractivity contribution in [3.05, 3.63) is 12.3 Å². The highest BCUT2D eigenvalue weighted by Crippen LogP contribution is 2.23. The van der Waals surface area contributed by atoms with Gasteiger partial charge in [0.15, 0.2) is 0 Å². The number of amides is 1. The molecule has 2 saturated heterocycles. The Morgan fingerprint density at radius 3 is 2.32 bits per heavy atom. The van der Waals surface area contributed by atoms with Crippen LogP contribution in [0.15, 0.2) is 12.3 Å². The van der Waals surface area contributed by atoms with Gasteiger partial charge in [0.25, 0.3) is 0 Å². The molecule has 0 aromatic carbocycles. The Morgan fingerprint density at radius 2 is 1.68 bits per heavy atom. The number of anilines is 2. The minimum atomic E-state index is -4.45. The van der Waals surface area contributed by atoms with Crippen LogP contribution in [-0.2, 0) is 4.79 Å². The Balaban J connectivity index is 1.58. The maximum Gasteiger partial charge on any atom is 0.397 e. The highest BCUT2D eigenvalue weighted by molar-refractivity contribution is 5.77. The summed E-state index contributed by atoms with van der Waals surface area (Å²) in [6.45, 7) is 3.39. The number of piperazine rings is 1. The second kappa shape index (κ2) is 7.45. The van der Waals surface area contributed by atoms with Crippen LogP contribution >= 0.6 is 0 Å². The minimum absolute atomic E-state index is 0.276. The summed E-state index contributed by atoms with van der Waals surface area (Å²) < 4.78 is 37.0. The van der Waals surface area contributed by atoms with E-state index in [4.69, 9.17) is 0 Å². The lowest BCUT2D eigenvalue weighted by Gasteiger charge is -2.36. The number of alkyl halides is 3. The van der Waals surface area contributed by atoms with Crippen LogP contribution in [0.1, 0.15) is 25.7 Å². The van der Waals surface area contributed by atoms with Crippen LogP contribution in [0.4, 0.5) is 24.9 Å². The largest absolute Gasteiger partial charge is 0.397 e. The number of hydrogen-bond donors (Lipinski definition) is 0. The van der Waals surface area contributed by atoms with Crippen molar-refractivity contribution in [2.75, 3.05) is 49.1 Å². The van der Waals surface area contributed by atoms with Gasteiger partial charge in [-0.3, -0.25) is 4.79 Å². The molecule has 0 N–H and O–H groups in total. The van der Waals surface area contributed by atoms with Crippen molar-refractivity contribution in [1.29, 1.82) is 0 Å². The van der Waals surface area contributed by atoms with E-state index >= 15 is 0 Å². The third kappa shape index (κ3) is 4.73. The van der Waals surface area contributed by atoms with Gasteiger partial charge in [-0.25, -0.2) is 4.98 Å². The second-order valence-electron chi connectivity index (χ2n) is 6.42. The van der Waals surface area contributed by atoms with Crippen molar-refractivity contribution < 1.29 is 18.0 Å². The monoisotopic (exact) mass is 357 g/mol. The number of piperidine rings is 1. The van der Waals surface area contributed by atoms with Crippen LogP contribution in [0, 0.1) is 0 Å². The van der Waals surface area contributed by atoms with E-state index in [0.717, 1.165) is 31.7 Å². The first-order valence-corrected chi connectivity index (χ1v) is 8.60. The Hall–Kier alpha value is -2.06. The normalized spacial score (nSPS) is 19.2. The molecule has 0 atom stereocenters. The van der Waals surface area contributed by atoms with Gasteiger partial charge in [-0.1, -0.05) is 0 Å². The smallest absolute Gasteiger partial charge is 0.353 e. The Bertz CT molecular complexity index is 596. The highest BCUT2D eigenvalue weighted by Gasteiger charge is 2.34. The topological polar surface area (TPSA) is 52.6 Å². The summed E-state index contributed by atoms with van der Waals surface area (Å²) in [7, 11) is 0. The molecule has 138 valence electrons. The molecule has 1 amide bonds. The first-order chi connectivity index (χ1) is 11.9. The van der Waals surface area contributed by atoms with Crippen molar-refractivity contribution >= 4 is 17.7 Å². The molecule has 3 heterocycles. The van der Waals surface area contributed by atoms with Gasteiger partial charge in [-0.05, 0) is 25.3 Å². The summed E-state index contributed by atoms with van der Waals surface area (Å²) in [6.07, 6.45) is -0.636. The average Bonchev–Trinajstić information content (AvgIpc) is 2.61. The Morgan fingerprint density at radius 1 is 1.00 bits per heavy atom. The first kappa shape index (κ1) is 17.8. The fraction of sp³-hybridized carbons (Fsp3) is 0.688. The standard InChI is InChI=1S/C16H22F3N5O/c17-16(18,19)12-14(25)23-10-8-22(9-11-23)13-4-5-20-15(21-13)24-6-2-1-3-7-24/h4-5H,1-3,6-12H2. The number of nitrogens with zero attached hydrogens (tertiary/aromatic N) is 5. The lowest BCUT2D eigenvalue weighted by atomic mass is 10.1. The van der Waals surface area contributed by atoms with Gasteiger partial charge in [0.1, 0.15) is 12.2 Å². The Labute approximate surface area is 144 Å². The quantitative estimate of drug-likeness (QED) is 0.829. The van der Waals surface area contributed by atoms with Gasteiger partial charge in [0, 0.05) is 45.5 Å². The molecule has 1 aromatic rings. The number of carbonyl (C=O) groups excluding carboxylic acids is 1. The van der Waals surface area contributed by atoms with Crippen LogP contribution < -0.4 is 9.80 Å². The van der Waals surface area contributed by atoms with Crippen LogP contribution in [0.2, 0.25) is 0 Å². The summed E-state index contributed by atoms with van der Waals surface area (Å²) in [4.78, 5) is 26.0. The zero-order chi connectivity index (χ0) is 17.9. The van der Waals surface area contributed by atoms with Gasteiger partial charge < -0.3 is 14.7 Å². The first-order valence-electron chi connectivity index (χ1n) is 8.60. The molecule has 3 rings (SSSR count). The molecule has 0 radical (unpaired) electrons. The van der Waals surface area contributed by atoms with E-state index in [9.17, 15) is 18.0 Å². The van der Waals surface area contributed by atoms with E-state index in [1.54, 1.807) is 12.3 Å². The number of halogens is 3. The molecule has 0 bridgehead atoms. The number of carbonyl (C=O) groups is 1. The molecule has 2 fully saturated rings. The van der Waals surface area contributed by atoms with E-state index in [1.807, 2.05) is 4.90 Å². The molecule has 0 saturated carbocycles.